The lowest BCUT2D eigenvalue weighted by atomic mass is 10.1. The molecule has 2 rings (SSSR count). The Morgan fingerprint density at radius 3 is 2.76 bits per heavy atom. The minimum atomic E-state index is 0.553. The molecule has 88 valence electrons. The smallest absolute Gasteiger partial charge is 0.146 e. The molecule has 0 spiro atoms. The van der Waals surface area contributed by atoms with Crippen molar-refractivity contribution in [3.05, 3.63) is 53.7 Å². The van der Waals surface area contributed by atoms with Gasteiger partial charge in [-0.05, 0) is 36.6 Å². The van der Waals surface area contributed by atoms with Gasteiger partial charge in [-0.25, -0.2) is 4.98 Å². The minimum absolute atomic E-state index is 0.553. The van der Waals surface area contributed by atoms with Crippen molar-refractivity contribution < 1.29 is 0 Å². The molecule has 0 unspecified atom stereocenters. The monoisotopic (exact) mass is 227 g/mol. The van der Waals surface area contributed by atoms with E-state index in [1.165, 1.54) is 11.1 Å². The zero-order valence-corrected chi connectivity index (χ0v) is 9.98. The highest BCUT2D eigenvalue weighted by Crippen LogP contribution is 2.14. The quantitative estimate of drug-likeness (QED) is 0.844. The number of nitrogens with zero attached hydrogens (tertiary/aromatic N) is 1. The van der Waals surface area contributed by atoms with Gasteiger partial charge < -0.3 is 11.1 Å². The van der Waals surface area contributed by atoms with Crippen molar-refractivity contribution in [3.8, 4) is 0 Å². The number of nitrogens with two attached hydrogens (primary N) is 1. The number of hydrogen-bond donors (Lipinski definition) is 2. The Bertz CT molecular complexity index is 449. The van der Waals surface area contributed by atoms with Crippen LogP contribution in [0.4, 0.5) is 11.5 Å². The molecular weight excluding hydrogens is 210 g/mol. The molecule has 0 saturated heterocycles. The summed E-state index contributed by atoms with van der Waals surface area (Å²) in [6.45, 7) is 2.99. The van der Waals surface area contributed by atoms with E-state index in [9.17, 15) is 0 Å². The van der Waals surface area contributed by atoms with Crippen molar-refractivity contribution in [2.45, 2.75) is 13.3 Å². The van der Waals surface area contributed by atoms with Crippen LogP contribution < -0.4 is 11.1 Å². The molecule has 3 N–H and O–H groups in total. The molecule has 2 aromatic rings. The molecule has 1 aromatic carbocycles. The van der Waals surface area contributed by atoms with Crippen LogP contribution in [0.5, 0.6) is 0 Å². The number of nitrogen functional groups attached to an aromatic ring is 1. The largest absolute Gasteiger partial charge is 0.382 e. The second-order valence-corrected chi connectivity index (χ2v) is 4.04. The molecular formula is C14H17N3. The van der Waals surface area contributed by atoms with Gasteiger partial charge in [0.15, 0.2) is 0 Å². The fraction of sp³-hybridized carbons (Fsp3) is 0.214. The van der Waals surface area contributed by atoms with E-state index in [0.29, 0.717) is 5.82 Å². The predicted octanol–water partition coefficient (Wildman–Crippen LogP) is 2.63. The third-order valence-electron chi connectivity index (χ3n) is 2.81. The third kappa shape index (κ3) is 2.97. The number of aromatic nitrogens is 1. The maximum absolute atomic E-state index is 5.76. The van der Waals surface area contributed by atoms with Crippen molar-refractivity contribution in [1.29, 1.82) is 0 Å². The molecule has 0 radical (unpaired) electrons. The van der Waals surface area contributed by atoms with Gasteiger partial charge in [-0.15, -0.1) is 0 Å². The van der Waals surface area contributed by atoms with E-state index in [0.717, 1.165) is 18.7 Å². The van der Waals surface area contributed by atoms with Crippen LogP contribution in [0.3, 0.4) is 0 Å². The van der Waals surface area contributed by atoms with Gasteiger partial charge >= 0.3 is 0 Å². The van der Waals surface area contributed by atoms with Crippen LogP contribution in [-0.4, -0.2) is 11.5 Å². The molecule has 3 heteroatoms. The molecule has 0 aliphatic heterocycles. The summed E-state index contributed by atoms with van der Waals surface area (Å²) in [7, 11) is 0. The van der Waals surface area contributed by atoms with Crippen molar-refractivity contribution in [2.75, 3.05) is 17.6 Å². The van der Waals surface area contributed by atoms with Crippen LogP contribution in [0.2, 0.25) is 0 Å². The SMILES string of the molecule is Cc1ccccc1CCNc1cccnc1N. The summed E-state index contributed by atoms with van der Waals surface area (Å²) in [5.41, 5.74) is 9.35. The van der Waals surface area contributed by atoms with E-state index in [1.807, 2.05) is 12.1 Å². The van der Waals surface area contributed by atoms with Crippen LogP contribution in [-0.2, 0) is 6.42 Å². The summed E-state index contributed by atoms with van der Waals surface area (Å²) in [4.78, 5) is 4.04. The topological polar surface area (TPSA) is 50.9 Å². The number of pyridine rings is 1. The Balaban J connectivity index is 1.93. The summed E-state index contributed by atoms with van der Waals surface area (Å²) >= 11 is 0. The van der Waals surface area contributed by atoms with Gasteiger partial charge in [-0.3, -0.25) is 0 Å². The van der Waals surface area contributed by atoms with E-state index < -0.39 is 0 Å². The second kappa shape index (κ2) is 5.34. The highest BCUT2D eigenvalue weighted by Gasteiger charge is 1.99. The van der Waals surface area contributed by atoms with Gasteiger partial charge in [-0.2, -0.15) is 0 Å². The maximum Gasteiger partial charge on any atom is 0.146 e. The lowest BCUT2D eigenvalue weighted by Gasteiger charge is -2.09. The van der Waals surface area contributed by atoms with Crippen molar-refractivity contribution >= 4 is 11.5 Å². The molecule has 0 bridgehead atoms. The Morgan fingerprint density at radius 2 is 2.00 bits per heavy atom. The Labute approximate surface area is 102 Å². The van der Waals surface area contributed by atoms with Crippen molar-refractivity contribution in [3.63, 3.8) is 0 Å². The van der Waals surface area contributed by atoms with E-state index in [2.05, 4.69) is 41.5 Å². The lowest BCUT2D eigenvalue weighted by Crippen LogP contribution is -2.08. The van der Waals surface area contributed by atoms with E-state index >= 15 is 0 Å². The number of benzene rings is 1. The van der Waals surface area contributed by atoms with Gasteiger partial charge in [0.05, 0.1) is 5.69 Å². The number of anilines is 2. The fourth-order valence-electron chi connectivity index (χ4n) is 1.79. The Hall–Kier alpha value is -2.03. The summed E-state index contributed by atoms with van der Waals surface area (Å²) in [5, 5.41) is 3.30. The molecule has 0 saturated carbocycles. The van der Waals surface area contributed by atoms with Crippen LogP contribution in [0.1, 0.15) is 11.1 Å². The van der Waals surface area contributed by atoms with E-state index in [4.69, 9.17) is 5.73 Å². The van der Waals surface area contributed by atoms with Gasteiger partial charge in [0, 0.05) is 12.7 Å². The van der Waals surface area contributed by atoms with E-state index in [-0.39, 0.29) is 0 Å². The molecule has 0 aliphatic carbocycles. The average molecular weight is 227 g/mol. The average Bonchev–Trinajstić information content (AvgIpc) is 2.34. The molecule has 1 aromatic heterocycles. The molecule has 1 heterocycles. The highest BCUT2D eigenvalue weighted by atomic mass is 14.9. The minimum Gasteiger partial charge on any atom is -0.382 e. The first-order valence-electron chi connectivity index (χ1n) is 5.76. The van der Waals surface area contributed by atoms with Gasteiger partial charge in [0.25, 0.3) is 0 Å². The molecule has 3 nitrogen and oxygen atoms in total. The number of nitrogens with one attached hydrogen (secondary N) is 1. The number of hydrogen-bond acceptors (Lipinski definition) is 3. The summed E-state index contributed by atoms with van der Waals surface area (Å²) in [6.07, 6.45) is 2.68. The van der Waals surface area contributed by atoms with Crippen LogP contribution in [0, 0.1) is 6.92 Å². The normalized spacial score (nSPS) is 10.2. The summed E-state index contributed by atoms with van der Waals surface area (Å²) in [5.74, 6) is 0.553. The number of rotatable bonds is 4. The summed E-state index contributed by atoms with van der Waals surface area (Å²) in [6, 6.07) is 12.2. The standard InChI is InChI=1S/C14H17N3/c1-11-5-2-3-6-12(11)8-10-16-13-7-4-9-17-14(13)15/h2-7,9,16H,8,10H2,1H3,(H2,15,17). The highest BCUT2D eigenvalue weighted by molar-refractivity contribution is 5.60. The van der Waals surface area contributed by atoms with Crippen LogP contribution >= 0.6 is 0 Å². The molecule has 0 fully saturated rings. The molecule has 0 amide bonds. The van der Waals surface area contributed by atoms with Gasteiger partial charge in [0.1, 0.15) is 5.82 Å². The Morgan fingerprint density at radius 1 is 1.18 bits per heavy atom. The van der Waals surface area contributed by atoms with Crippen molar-refractivity contribution in [1.82, 2.24) is 4.98 Å². The lowest BCUT2D eigenvalue weighted by molar-refractivity contribution is 1.00. The van der Waals surface area contributed by atoms with Crippen LogP contribution in [0.15, 0.2) is 42.6 Å². The van der Waals surface area contributed by atoms with Gasteiger partial charge in [-0.1, -0.05) is 24.3 Å². The molecule has 0 atom stereocenters. The first-order valence-corrected chi connectivity index (χ1v) is 5.76. The third-order valence-corrected chi connectivity index (χ3v) is 2.81. The van der Waals surface area contributed by atoms with Gasteiger partial charge in [0.2, 0.25) is 0 Å². The first-order chi connectivity index (χ1) is 8.27. The first kappa shape index (κ1) is 11.5. The summed E-state index contributed by atoms with van der Waals surface area (Å²) < 4.78 is 0. The zero-order chi connectivity index (χ0) is 12.1. The predicted molar refractivity (Wildman–Crippen MR) is 72.0 cm³/mol. The van der Waals surface area contributed by atoms with E-state index in [1.54, 1.807) is 6.20 Å². The maximum atomic E-state index is 5.76. The van der Waals surface area contributed by atoms with Crippen LogP contribution in [0.25, 0.3) is 0 Å². The Kier molecular flexibility index (Phi) is 3.60. The fourth-order valence-corrected chi connectivity index (χ4v) is 1.79. The number of aryl methyl sites for hydroxylation is 1. The molecule has 0 aliphatic rings. The molecule has 17 heavy (non-hydrogen) atoms. The van der Waals surface area contributed by atoms with Crippen molar-refractivity contribution in [2.24, 2.45) is 0 Å². The zero-order valence-electron chi connectivity index (χ0n) is 9.98. The second-order valence-electron chi connectivity index (χ2n) is 4.04.